The molecule has 4 nitrogen and oxygen atoms in total. The average molecular weight is 306 g/mol. The number of benzene rings is 2. The maximum absolute atomic E-state index is 4.79. The van der Waals surface area contributed by atoms with Crippen molar-refractivity contribution in [3.8, 4) is 0 Å². The molecule has 1 atom stereocenters. The third kappa shape index (κ3) is 2.70. The van der Waals surface area contributed by atoms with Crippen molar-refractivity contribution >= 4 is 17.0 Å². The van der Waals surface area contributed by atoms with E-state index in [2.05, 4.69) is 58.5 Å². The van der Waals surface area contributed by atoms with Crippen LogP contribution in [0.15, 0.2) is 48.5 Å². The van der Waals surface area contributed by atoms with Crippen LogP contribution in [0.1, 0.15) is 24.1 Å². The van der Waals surface area contributed by atoms with Gasteiger partial charge in [0.2, 0.25) is 5.95 Å². The Morgan fingerprint density at radius 3 is 2.74 bits per heavy atom. The molecule has 2 N–H and O–H groups in total. The molecule has 3 aromatic rings. The molecule has 4 heteroatoms. The fourth-order valence-electron chi connectivity index (χ4n) is 3.31. The Balaban J connectivity index is 1.69. The van der Waals surface area contributed by atoms with Crippen LogP contribution in [-0.4, -0.2) is 29.6 Å². The van der Waals surface area contributed by atoms with Gasteiger partial charge in [-0.2, -0.15) is 0 Å². The highest BCUT2D eigenvalue weighted by Crippen LogP contribution is 2.28. The molecule has 4 rings (SSSR count). The molecule has 0 spiro atoms. The van der Waals surface area contributed by atoms with E-state index in [4.69, 9.17) is 4.98 Å². The molecule has 1 aliphatic heterocycles. The standard InChI is InChI=1S/C19H22N4/c1-2-14-7-9-15(10-8-14)18-13-20-11-12-23(18)19-21-16-5-3-4-6-17(16)22-19/h3-10,18,20H,2,11-13H2,1H3,(H,21,22). The summed E-state index contributed by atoms with van der Waals surface area (Å²) in [5.41, 5.74) is 4.85. The van der Waals surface area contributed by atoms with E-state index in [9.17, 15) is 0 Å². The molecule has 0 amide bonds. The lowest BCUT2D eigenvalue weighted by Gasteiger charge is -2.36. The first-order valence-corrected chi connectivity index (χ1v) is 8.36. The molecule has 1 fully saturated rings. The first kappa shape index (κ1) is 14.3. The zero-order valence-corrected chi connectivity index (χ0v) is 13.4. The van der Waals surface area contributed by atoms with E-state index in [1.54, 1.807) is 0 Å². The topological polar surface area (TPSA) is 44.0 Å². The molecule has 23 heavy (non-hydrogen) atoms. The molecular weight excluding hydrogens is 284 g/mol. The minimum absolute atomic E-state index is 0.315. The number of aryl methyl sites for hydroxylation is 1. The molecule has 1 saturated heterocycles. The number of imidazole rings is 1. The molecule has 1 aliphatic rings. The van der Waals surface area contributed by atoms with Crippen molar-refractivity contribution in [1.82, 2.24) is 15.3 Å². The van der Waals surface area contributed by atoms with Gasteiger partial charge in [-0.05, 0) is 29.7 Å². The van der Waals surface area contributed by atoms with Crippen LogP contribution in [-0.2, 0) is 6.42 Å². The highest BCUT2D eigenvalue weighted by atomic mass is 15.3. The molecule has 0 bridgehead atoms. The van der Waals surface area contributed by atoms with E-state index in [0.29, 0.717) is 6.04 Å². The summed E-state index contributed by atoms with van der Waals surface area (Å²) in [5, 5.41) is 3.51. The number of hydrogen-bond donors (Lipinski definition) is 2. The van der Waals surface area contributed by atoms with Crippen molar-refractivity contribution in [3.05, 3.63) is 59.7 Å². The Morgan fingerprint density at radius 1 is 1.13 bits per heavy atom. The Kier molecular flexibility index (Phi) is 3.75. The van der Waals surface area contributed by atoms with Gasteiger partial charge in [0.05, 0.1) is 17.1 Å². The van der Waals surface area contributed by atoms with Gasteiger partial charge in [-0.25, -0.2) is 4.98 Å². The van der Waals surface area contributed by atoms with Crippen LogP contribution in [0.2, 0.25) is 0 Å². The molecule has 0 aliphatic carbocycles. The van der Waals surface area contributed by atoms with Gasteiger partial charge in [-0.15, -0.1) is 0 Å². The third-order valence-corrected chi connectivity index (χ3v) is 4.67. The average Bonchev–Trinajstić information content (AvgIpc) is 3.06. The maximum Gasteiger partial charge on any atom is 0.204 e. The summed E-state index contributed by atoms with van der Waals surface area (Å²) in [5.74, 6) is 0.970. The highest BCUT2D eigenvalue weighted by molar-refractivity contribution is 5.77. The molecule has 0 radical (unpaired) electrons. The lowest BCUT2D eigenvalue weighted by Crippen LogP contribution is -2.46. The normalized spacial score (nSPS) is 18.5. The van der Waals surface area contributed by atoms with Crippen LogP contribution in [0, 0.1) is 0 Å². The van der Waals surface area contributed by atoms with Gasteiger partial charge in [0.15, 0.2) is 0 Å². The Morgan fingerprint density at radius 2 is 1.96 bits per heavy atom. The summed E-state index contributed by atoms with van der Waals surface area (Å²) in [6, 6.07) is 17.5. The molecule has 1 aromatic heterocycles. The minimum atomic E-state index is 0.315. The van der Waals surface area contributed by atoms with Crippen molar-refractivity contribution in [2.75, 3.05) is 24.5 Å². The molecule has 0 saturated carbocycles. The number of fused-ring (bicyclic) bond motifs is 1. The van der Waals surface area contributed by atoms with Crippen molar-refractivity contribution in [2.45, 2.75) is 19.4 Å². The first-order valence-electron chi connectivity index (χ1n) is 8.36. The lowest BCUT2D eigenvalue weighted by molar-refractivity contribution is 0.483. The van der Waals surface area contributed by atoms with E-state index in [0.717, 1.165) is 43.0 Å². The molecule has 2 heterocycles. The molecular formula is C19H22N4. The fraction of sp³-hybridized carbons (Fsp3) is 0.316. The van der Waals surface area contributed by atoms with E-state index in [1.165, 1.54) is 11.1 Å². The Hall–Kier alpha value is -2.33. The van der Waals surface area contributed by atoms with Crippen LogP contribution in [0.25, 0.3) is 11.0 Å². The van der Waals surface area contributed by atoms with E-state index < -0.39 is 0 Å². The summed E-state index contributed by atoms with van der Waals surface area (Å²) in [7, 11) is 0. The summed E-state index contributed by atoms with van der Waals surface area (Å²) in [6.07, 6.45) is 1.08. The van der Waals surface area contributed by atoms with E-state index in [-0.39, 0.29) is 0 Å². The largest absolute Gasteiger partial charge is 0.333 e. The van der Waals surface area contributed by atoms with Crippen LogP contribution in [0.5, 0.6) is 0 Å². The maximum atomic E-state index is 4.79. The van der Waals surface area contributed by atoms with Crippen LogP contribution >= 0.6 is 0 Å². The van der Waals surface area contributed by atoms with Crippen molar-refractivity contribution < 1.29 is 0 Å². The van der Waals surface area contributed by atoms with Gasteiger partial charge < -0.3 is 15.2 Å². The van der Waals surface area contributed by atoms with Gasteiger partial charge in [-0.3, -0.25) is 0 Å². The predicted molar refractivity (Wildman–Crippen MR) is 94.9 cm³/mol. The second-order valence-electron chi connectivity index (χ2n) is 6.09. The number of nitrogens with zero attached hydrogens (tertiary/aromatic N) is 2. The van der Waals surface area contributed by atoms with Gasteiger partial charge in [0, 0.05) is 19.6 Å². The number of para-hydroxylation sites is 2. The fourth-order valence-corrected chi connectivity index (χ4v) is 3.31. The van der Waals surface area contributed by atoms with Crippen LogP contribution < -0.4 is 10.2 Å². The lowest BCUT2D eigenvalue weighted by atomic mass is 10.0. The number of hydrogen-bond acceptors (Lipinski definition) is 3. The zero-order chi connectivity index (χ0) is 15.6. The predicted octanol–water partition coefficient (Wildman–Crippen LogP) is 3.28. The van der Waals surface area contributed by atoms with Gasteiger partial charge in [0.25, 0.3) is 0 Å². The van der Waals surface area contributed by atoms with Crippen molar-refractivity contribution in [3.63, 3.8) is 0 Å². The number of aromatic nitrogens is 2. The van der Waals surface area contributed by atoms with Crippen LogP contribution in [0.4, 0.5) is 5.95 Å². The molecule has 118 valence electrons. The van der Waals surface area contributed by atoms with Crippen LogP contribution in [0.3, 0.4) is 0 Å². The quantitative estimate of drug-likeness (QED) is 0.780. The number of nitrogens with one attached hydrogen (secondary N) is 2. The van der Waals surface area contributed by atoms with Gasteiger partial charge >= 0.3 is 0 Å². The van der Waals surface area contributed by atoms with Gasteiger partial charge in [-0.1, -0.05) is 43.3 Å². The van der Waals surface area contributed by atoms with E-state index in [1.807, 2.05) is 12.1 Å². The van der Waals surface area contributed by atoms with Gasteiger partial charge in [0.1, 0.15) is 0 Å². The number of rotatable bonds is 3. The van der Waals surface area contributed by atoms with Crippen molar-refractivity contribution in [2.24, 2.45) is 0 Å². The SMILES string of the molecule is CCc1ccc(C2CNCCN2c2nc3ccccc3[nH]2)cc1. The number of aromatic amines is 1. The number of H-pyrrole nitrogens is 1. The highest BCUT2D eigenvalue weighted by Gasteiger charge is 2.26. The molecule has 1 unspecified atom stereocenters. The summed E-state index contributed by atoms with van der Waals surface area (Å²) in [6.45, 7) is 5.08. The Bertz CT molecular complexity index is 757. The summed E-state index contributed by atoms with van der Waals surface area (Å²) < 4.78 is 0. The zero-order valence-electron chi connectivity index (χ0n) is 13.4. The summed E-state index contributed by atoms with van der Waals surface area (Å²) >= 11 is 0. The smallest absolute Gasteiger partial charge is 0.204 e. The molecule has 2 aromatic carbocycles. The second-order valence-corrected chi connectivity index (χ2v) is 6.09. The Labute approximate surface area is 136 Å². The summed E-state index contributed by atoms with van der Waals surface area (Å²) in [4.78, 5) is 10.6. The number of anilines is 1. The van der Waals surface area contributed by atoms with E-state index >= 15 is 0 Å². The number of piperazine rings is 1. The second kappa shape index (κ2) is 6.05. The minimum Gasteiger partial charge on any atom is -0.333 e. The monoisotopic (exact) mass is 306 g/mol. The third-order valence-electron chi connectivity index (χ3n) is 4.67. The van der Waals surface area contributed by atoms with Crippen molar-refractivity contribution in [1.29, 1.82) is 0 Å². The first-order chi connectivity index (χ1) is 11.3.